The van der Waals surface area contributed by atoms with Crippen LogP contribution in [0.2, 0.25) is 0 Å². The van der Waals surface area contributed by atoms with Crippen molar-refractivity contribution in [2.45, 2.75) is 256 Å². The largest absolute Gasteiger partial charge is 0.462 e. The molecular formula is C45H87NO9. The van der Waals surface area contributed by atoms with Crippen molar-refractivity contribution in [3.05, 3.63) is 0 Å². The number of carbonyl (C=O) groups is 2. The third kappa shape index (κ3) is 28.7. The van der Waals surface area contributed by atoms with E-state index in [0.29, 0.717) is 6.42 Å². The van der Waals surface area contributed by atoms with Crippen molar-refractivity contribution in [3.8, 4) is 0 Å². The number of hydrogen-bond donors (Lipinski definition) is 4. The molecule has 0 unspecified atom stereocenters. The Kier molecular flexibility index (Phi) is 34.8. The number of unbranched alkanes of at least 4 members (excludes halogenated alkanes) is 28. The van der Waals surface area contributed by atoms with E-state index in [1.807, 2.05) is 0 Å². The standard InChI is InChI=1S/C45H87NO9/c1-3-5-7-9-11-13-15-17-18-19-20-22-24-26-28-30-32-34-41(48)54-38(37-53-45-44(51)43(50)42(49)39(35-46)55-45)36-52-40(47)33-31-29-27-25-23-21-16-14-12-10-8-6-4-2/h38-39,42-45,49-51H,3-37,46H2,1-2H3/t38-,39+,42+,43-,44+,45+/m0/s1. The quantitative estimate of drug-likeness (QED) is 0.0349. The average Bonchev–Trinajstić information content (AvgIpc) is 3.18. The van der Waals surface area contributed by atoms with Crippen molar-refractivity contribution >= 4 is 11.9 Å². The molecule has 55 heavy (non-hydrogen) atoms. The summed E-state index contributed by atoms with van der Waals surface area (Å²) >= 11 is 0. The van der Waals surface area contributed by atoms with E-state index >= 15 is 0 Å². The van der Waals surface area contributed by atoms with Crippen LogP contribution in [-0.2, 0) is 28.5 Å². The van der Waals surface area contributed by atoms with E-state index in [-0.39, 0.29) is 32.1 Å². The molecule has 1 aliphatic rings. The van der Waals surface area contributed by atoms with Gasteiger partial charge in [0.1, 0.15) is 31.0 Å². The molecule has 5 N–H and O–H groups in total. The molecule has 0 aromatic rings. The van der Waals surface area contributed by atoms with Crippen molar-refractivity contribution in [2.24, 2.45) is 5.73 Å². The van der Waals surface area contributed by atoms with Crippen LogP contribution >= 0.6 is 0 Å². The zero-order chi connectivity index (χ0) is 40.2. The summed E-state index contributed by atoms with van der Waals surface area (Å²) in [5, 5.41) is 30.7. The smallest absolute Gasteiger partial charge is 0.306 e. The molecule has 10 heteroatoms. The number of hydrogen-bond acceptors (Lipinski definition) is 10. The highest BCUT2D eigenvalue weighted by atomic mass is 16.7. The van der Waals surface area contributed by atoms with Gasteiger partial charge in [0.25, 0.3) is 0 Å². The normalized spacial score (nSPS) is 20.4. The van der Waals surface area contributed by atoms with Gasteiger partial charge in [0.05, 0.1) is 6.61 Å². The van der Waals surface area contributed by atoms with Gasteiger partial charge in [-0.25, -0.2) is 0 Å². The SMILES string of the molecule is CCCCCCCCCCCCCCCCCCCC(=O)O[C@@H](COC(=O)CCCCCCCCCCCCCCC)CO[C@@H]1O[C@H](CN)[C@@H](O)[C@H](O)[C@H]1O. The van der Waals surface area contributed by atoms with Crippen LogP contribution in [0.4, 0.5) is 0 Å². The third-order valence-electron chi connectivity index (χ3n) is 11.0. The van der Waals surface area contributed by atoms with Crippen LogP contribution in [0, 0.1) is 0 Å². The van der Waals surface area contributed by atoms with E-state index in [0.717, 1.165) is 38.5 Å². The zero-order valence-corrected chi connectivity index (χ0v) is 35.6. The Labute approximate surface area is 336 Å². The second-order valence-corrected chi connectivity index (χ2v) is 16.3. The fourth-order valence-electron chi connectivity index (χ4n) is 7.35. The lowest BCUT2D eigenvalue weighted by atomic mass is 9.99. The Bertz CT molecular complexity index is 875. The number of nitrogens with two attached hydrogens (primary N) is 1. The van der Waals surface area contributed by atoms with Gasteiger partial charge in [-0.05, 0) is 12.8 Å². The minimum Gasteiger partial charge on any atom is -0.462 e. The van der Waals surface area contributed by atoms with E-state index in [1.54, 1.807) is 0 Å². The maximum absolute atomic E-state index is 12.8. The van der Waals surface area contributed by atoms with Crippen molar-refractivity contribution < 1.29 is 43.9 Å². The van der Waals surface area contributed by atoms with Gasteiger partial charge in [-0.2, -0.15) is 0 Å². The molecule has 0 aromatic carbocycles. The van der Waals surface area contributed by atoms with Gasteiger partial charge in [-0.3, -0.25) is 9.59 Å². The van der Waals surface area contributed by atoms with Crippen molar-refractivity contribution in [3.63, 3.8) is 0 Å². The molecule has 1 fully saturated rings. The number of aliphatic hydroxyl groups excluding tert-OH is 3. The number of esters is 2. The first-order valence-corrected chi connectivity index (χ1v) is 23.2. The highest BCUT2D eigenvalue weighted by Crippen LogP contribution is 2.22. The van der Waals surface area contributed by atoms with Crippen molar-refractivity contribution in [2.75, 3.05) is 19.8 Å². The summed E-state index contributed by atoms with van der Waals surface area (Å²) < 4.78 is 22.4. The van der Waals surface area contributed by atoms with Gasteiger partial charge in [0.2, 0.25) is 0 Å². The average molecular weight is 786 g/mol. The van der Waals surface area contributed by atoms with Gasteiger partial charge < -0.3 is 40.0 Å². The summed E-state index contributed by atoms with van der Waals surface area (Å²) in [6, 6.07) is 0. The maximum Gasteiger partial charge on any atom is 0.306 e. The van der Waals surface area contributed by atoms with E-state index in [2.05, 4.69) is 13.8 Å². The van der Waals surface area contributed by atoms with Gasteiger partial charge in [-0.15, -0.1) is 0 Å². The Morgan fingerprint density at radius 2 is 0.873 bits per heavy atom. The van der Waals surface area contributed by atoms with Crippen LogP contribution in [0.15, 0.2) is 0 Å². The molecule has 1 saturated heterocycles. The summed E-state index contributed by atoms with van der Waals surface area (Å²) in [6.45, 7) is 4.02. The topological polar surface area (TPSA) is 158 Å². The molecule has 6 atom stereocenters. The summed E-state index contributed by atoms with van der Waals surface area (Å²) in [5.74, 6) is -0.754. The first-order valence-electron chi connectivity index (χ1n) is 23.2. The number of rotatable bonds is 39. The fraction of sp³-hybridized carbons (Fsp3) is 0.956. The summed E-state index contributed by atoms with van der Waals surface area (Å²) in [6.07, 6.45) is 30.4. The Balaban J connectivity index is 2.29. The molecule has 0 saturated carbocycles. The molecule has 1 aliphatic heterocycles. The lowest BCUT2D eigenvalue weighted by molar-refractivity contribution is -0.299. The summed E-state index contributed by atoms with van der Waals surface area (Å²) in [7, 11) is 0. The van der Waals surface area contributed by atoms with Gasteiger partial charge in [-0.1, -0.05) is 194 Å². The van der Waals surface area contributed by atoms with Crippen LogP contribution in [-0.4, -0.2) is 83.8 Å². The van der Waals surface area contributed by atoms with Crippen LogP contribution in [0.3, 0.4) is 0 Å². The van der Waals surface area contributed by atoms with E-state index < -0.39 is 42.8 Å². The fourth-order valence-corrected chi connectivity index (χ4v) is 7.35. The van der Waals surface area contributed by atoms with Gasteiger partial charge in [0, 0.05) is 19.4 Å². The van der Waals surface area contributed by atoms with Crippen LogP contribution in [0.1, 0.15) is 219 Å². The molecule has 0 aliphatic carbocycles. The number of ether oxygens (including phenoxy) is 4. The Morgan fingerprint density at radius 3 is 1.25 bits per heavy atom. The minimum absolute atomic E-state index is 0.0839. The van der Waals surface area contributed by atoms with E-state index in [9.17, 15) is 24.9 Å². The third-order valence-corrected chi connectivity index (χ3v) is 11.0. The molecule has 0 aromatic heterocycles. The van der Waals surface area contributed by atoms with E-state index in [1.165, 1.54) is 154 Å². The molecule has 0 spiro atoms. The monoisotopic (exact) mass is 786 g/mol. The lowest BCUT2D eigenvalue weighted by Gasteiger charge is -2.40. The van der Waals surface area contributed by atoms with E-state index in [4.69, 9.17) is 24.7 Å². The molecule has 0 bridgehead atoms. The highest BCUT2D eigenvalue weighted by Gasteiger charge is 2.44. The van der Waals surface area contributed by atoms with Crippen LogP contribution < -0.4 is 5.73 Å². The molecule has 326 valence electrons. The van der Waals surface area contributed by atoms with Crippen LogP contribution in [0.5, 0.6) is 0 Å². The summed E-state index contributed by atoms with van der Waals surface area (Å²) in [4.78, 5) is 25.3. The first kappa shape index (κ1) is 51.7. The zero-order valence-electron chi connectivity index (χ0n) is 35.6. The van der Waals surface area contributed by atoms with Crippen molar-refractivity contribution in [1.29, 1.82) is 0 Å². The number of carbonyl (C=O) groups excluding carboxylic acids is 2. The maximum atomic E-state index is 12.8. The molecule has 0 radical (unpaired) electrons. The molecular weight excluding hydrogens is 698 g/mol. The Morgan fingerprint density at radius 1 is 0.509 bits per heavy atom. The van der Waals surface area contributed by atoms with Gasteiger partial charge >= 0.3 is 11.9 Å². The molecule has 10 nitrogen and oxygen atoms in total. The minimum atomic E-state index is -1.53. The van der Waals surface area contributed by atoms with Crippen LogP contribution in [0.25, 0.3) is 0 Å². The number of aliphatic hydroxyl groups is 3. The molecule has 1 heterocycles. The van der Waals surface area contributed by atoms with Gasteiger partial charge in [0.15, 0.2) is 12.4 Å². The first-order chi connectivity index (χ1) is 26.8. The highest BCUT2D eigenvalue weighted by molar-refractivity contribution is 5.70. The summed E-state index contributed by atoms with van der Waals surface area (Å²) in [5.41, 5.74) is 5.65. The molecule has 0 amide bonds. The Hall–Kier alpha value is -1.30. The lowest BCUT2D eigenvalue weighted by Crippen LogP contribution is -2.60. The predicted molar refractivity (Wildman–Crippen MR) is 222 cm³/mol. The second-order valence-electron chi connectivity index (χ2n) is 16.3. The second kappa shape index (κ2) is 37.0. The van der Waals surface area contributed by atoms with Crippen molar-refractivity contribution in [1.82, 2.24) is 0 Å². The predicted octanol–water partition coefficient (Wildman–Crippen LogP) is 9.75. The molecule has 1 rings (SSSR count).